The third-order valence-electron chi connectivity index (χ3n) is 3.30. The van der Waals surface area contributed by atoms with E-state index in [0.29, 0.717) is 23.3 Å². The first-order valence-corrected chi connectivity index (χ1v) is 7.45. The summed E-state index contributed by atoms with van der Waals surface area (Å²) in [6, 6.07) is 9.51. The van der Waals surface area contributed by atoms with Gasteiger partial charge in [0.25, 0.3) is 0 Å². The topological polar surface area (TPSA) is 75.6 Å². The number of pyridine rings is 1. The van der Waals surface area contributed by atoms with Crippen LogP contribution in [0.15, 0.2) is 48.9 Å². The number of nitrogens with zero attached hydrogens (tertiary/aromatic N) is 4. The van der Waals surface area contributed by atoms with E-state index in [0.717, 1.165) is 16.8 Å². The molecule has 2 N–H and O–H groups in total. The minimum absolute atomic E-state index is 0.412. The molecule has 0 aliphatic carbocycles. The van der Waals surface area contributed by atoms with E-state index in [9.17, 15) is 0 Å². The average molecular weight is 327 g/mol. The van der Waals surface area contributed by atoms with Gasteiger partial charge in [-0.1, -0.05) is 17.7 Å². The van der Waals surface area contributed by atoms with Gasteiger partial charge in [0.1, 0.15) is 0 Å². The van der Waals surface area contributed by atoms with E-state index in [4.69, 9.17) is 11.6 Å². The molecule has 6 nitrogen and oxygen atoms in total. The van der Waals surface area contributed by atoms with Crippen molar-refractivity contribution in [2.24, 2.45) is 0 Å². The summed E-state index contributed by atoms with van der Waals surface area (Å²) in [4.78, 5) is 8.39. The molecule has 0 saturated carbocycles. The van der Waals surface area contributed by atoms with Gasteiger partial charge in [0.05, 0.1) is 6.20 Å². The zero-order chi connectivity index (χ0) is 16.1. The number of anilines is 3. The molecule has 1 aromatic carbocycles. The Morgan fingerprint density at radius 2 is 1.96 bits per heavy atom. The first-order valence-electron chi connectivity index (χ1n) is 7.07. The second-order valence-corrected chi connectivity index (χ2v) is 5.32. The van der Waals surface area contributed by atoms with E-state index < -0.39 is 0 Å². The smallest absolute Gasteiger partial charge is 0.249 e. The highest BCUT2D eigenvalue weighted by Gasteiger charge is 2.05. The van der Waals surface area contributed by atoms with Crippen LogP contribution in [0.2, 0.25) is 5.02 Å². The van der Waals surface area contributed by atoms with Crippen LogP contribution in [0, 0.1) is 6.92 Å². The van der Waals surface area contributed by atoms with Crippen LogP contribution in [-0.2, 0) is 6.54 Å². The summed E-state index contributed by atoms with van der Waals surface area (Å²) in [5, 5.41) is 15.0. The SMILES string of the molecule is Cc1c(Cl)cccc1Nc1nncc(NCc2ccncc2)n1. The van der Waals surface area contributed by atoms with Crippen molar-refractivity contribution in [3.05, 3.63) is 65.1 Å². The van der Waals surface area contributed by atoms with Crippen LogP contribution in [0.5, 0.6) is 0 Å². The van der Waals surface area contributed by atoms with E-state index in [2.05, 4.69) is 30.8 Å². The van der Waals surface area contributed by atoms with E-state index in [-0.39, 0.29) is 0 Å². The predicted octanol–water partition coefficient (Wildman–Crippen LogP) is 3.58. The summed E-state index contributed by atoms with van der Waals surface area (Å²) in [6.45, 7) is 2.57. The highest BCUT2D eigenvalue weighted by molar-refractivity contribution is 6.31. The van der Waals surface area contributed by atoms with Crippen molar-refractivity contribution in [1.82, 2.24) is 20.2 Å². The Morgan fingerprint density at radius 1 is 1.13 bits per heavy atom. The average Bonchev–Trinajstić information content (AvgIpc) is 2.59. The molecule has 2 heterocycles. The van der Waals surface area contributed by atoms with E-state index in [1.807, 2.05) is 37.3 Å². The Bertz CT molecular complexity index is 794. The number of aromatic nitrogens is 4. The largest absolute Gasteiger partial charge is 0.365 e. The number of hydrogen-bond acceptors (Lipinski definition) is 6. The highest BCUT2D eigenvalue weighted by atomic mass is 35.5. The van der Waals surface area contributed by atoms with Crippen LogP contribution in [0.3, 0.4) is 0 Å². The summed E-state index contributed by atoms with van der Waals surface area (Å²) in [7, 11) is 0. The van der Waals surface area contributed by atoms with E-state index in [1.54, 1.807) is 18.6 Å². The molecule has 0 saturated heterocycles. The molecule has 0 amide bonds. The van der Waals surface area contributed by atoms with E-state index >= 15 is 0 Å². The monoisotopic (exact) mass is 326 g/mol. The summed E-state index contributed by atoms with van der Waals surface area (Å²) in [5.41, 5.74) is 2.90. The van der Waals surface area contributed by atoms with Crippen LogP contribution >= 0.6 is 11.6 Å². The molecule has 2 aromatic heterocycles. The summed E-state index contributed by atoms with van der Waals surface area (Å²) in [6.07, 6.45) is 5.09. The van der Waals surface area contributed by atoms with Crippen molar-refractivity contribution in [2.75, 3.05) is 10.6 Å². The second kappa shape index (κ2) is 7.02. The third kappa shape index (κ3) is 3.92. The van der Waals surface area contributed by atoms with E-state index in [1.165, 1.54) is 0 Å². The molecular weight excluding hydrogens is 312 g/mol. The van der Waals surface area contributed by atoms with Crippen molar-refractivity contribution < 1.29 is 0 Å². The zero-order valence-corrected chi connectivity index (χ0v) is 13.2. The molecule has 0 bridgehead atoms. The van der Waals surface area contributed by atoms with Crippen LogP contribution < -0.4 is 10.6 Å². The maximum atomic E-state index is 6.11. The van der Waals surface area contributed by atoms with Gasteiger partial charge in [-0.25, -0.2) is 0 Å². The van der Waals surface area contributed by atoms with Gasteiger partial charge in [-0.15, -0.1) is 5.10 Å². The van der Waals surface area contributed by atoms with Crippen LogP contribution in [0.4, 0.5) is 17.5 Å². The lowest BCUT2D eigenvalue weighted by atomic mass is 10.2. The molecule has 0 aliphatic heterocycles. The quantitative estimate of drug-likeness (QED) is 0.746. The molecule has 0 atom stereocenters. The molecule has 116 valence electrons. The molecule has 3 aromatic rings. The Kier molecular flexibility index (Phi) is 4.63. The Balaban J connectivity index is 1.71. The molecule has 0 fully saturated rings. The fourth-order valence-electron chi connectivity index (χ4n) is 2.00. The molecule has 0 spiro atoms. The molecule has 0 aliphatic rings. The minimum atomic E-state index is 0.412. The summed E-state index contributed by atoms with van der Waals surface area (Å²) < 4.78 is 0. The number of nitrogens with one attached hydrogen (secondary N) is 2. The summed E-state index contributed by atoms with van der Waals surface area (Å²) >= 11 is 6.11. The Morgan fingerprint density at radius 3 is 2.78 bits per heavy atom. The lowest BCUT2D eigenvalue weighted by Gasteiger charge is -2.10. The first-order chi connectivity index (χ1) is 11.2. The summed E-state index contributed by atoms with van der Waals surface area (Å²) in [5.74, 6) is 1.05. The second-order valence-electron chi connectivity index (χ2n) is 4.91. The maximum Gasteiger partial charge on any atom is 0.249 e. The Hall–Kier alpha value is -2.73. The molecule has 7 heteroatoms. The minimum Gasteiger partial charge on any atom is -0.365 e. The number of rotatable bonds is 5. The van der Waals surface area contributed by atoms with Crippen LogP contribution in [0.25, 0.3) is 0 Å². The lowest BCUT2D eigenvalue weighted by molar-refractivity contribution is 0.964. The predicted molar refractivity (Wildman–Crippen MR) is 90.9 cm³/mol. The highest BCUT2D eigenvalue weighted by Crippen LogP contribution is 2.24. The van der Waals surface area contributed by atoms with Gasteiger partial charge in [0.2, 0.25) is 5.95 Å². The first kappa shape index (κ1) is 15.2. The van der Waals surface area contributed by atoms with Crippen LogP contribution in [-0.4, -0.2) is 20.2 Å². The fraction of sp³-hybridized carbons (Fsp3) is 0.125. The van der Waals surface area contributed by atoms with Gasteiger partial charge in [0.15, 0.2) is 5.82 Å². The number of halogens is 1. The molecule has 0 radical (unpaired) electrons. The van der Waals surface area contributed by atoms with Crippen molar-refractivity contribution in [3.8, 4) is 0 Å². The molecule has 23 heavy (non-hydrogen) atoms. The van der Waals surface area contributed by atoms with Gasteiger partial charge in [0, 0.05) is 29.6 Å². The van der Waals surface area contributed by atoms with Gasteiger partial charge < -0.3 is 10.6 Å². The van der Waals surface area contributed by atoms with Gasteiger partial charge in [-0.3, -0.25) is 4.98 Å². The zero-order valence-electron chi connectivity index (χ0n) is 12.5. The van der Waals surface area contributed by atoms with Crippen molar-refractivity contribution in [3.63, 3.8) is 0 Å². The third-order valence-corrected chi connectivity index (χ3v) is 3.71. The van der Waals surface area contributed by atoms with Crippen molar-refractivity contribution in [1.29, 1.82) is 0 Å². The van der Waals surface area contributed by atoms with Crippen molar-refractivity contribution >= 4 is 29.1 Å². The van der Waals surface area contributed by atoms with Crippen molar-refractivity contribution in [2.45, 2.75) is 13.5 Å². The maximum absolute atomic E-state index is 6.11. The van der Waals surface area contributed by atoms with Gasteiger partial charge in [-0.2, -0.15) is 10.1 Å². The molecule has 0 unspecified atom stereocenters. The normalized spacial score (nSPS) is 10.3. The molecule has 3 rings (SSSR count). The fourth-order valence-corrected chi connectivity index (χ4v) is 2.17. The van der Waals surface area contributed by atoms with Gasteiger partial charge >= 0.3 is 0 Å². The number of hydrogen-bond donors (Lipinski definition) is 2. The van der Waals surface area contributed by atoms with Gasteiger partial charge in [-0.05, 0) is 42.3 Å². The standard InChI is InChI=1S/C16H15ClN6/c1-11-13(17)3-2-4-14(11)21-16-22-15(10-20-23-16)19-9-12-5-7-18-8-6-12/h2-8,10H,9H2,1H3,(H2,19,21,22,23). The lowest BCUT2D eigenvalue weighted by Crippen LogP contribution is -2.06. The number of benzene rings is 1. The Labute approximate surface area is 139 Å². The molecular formula is C16H15ClN6. The van der Waals surface area contributed by atoms with Crippen LogP contribution in [0.1, 0.15) is 11.1 Å².